The van der Waals surface area contributed by atoms with Crippen molar-refractivity contribution >= 4 is 23.1 Å². The Morgan fingerprint density at radius 1 is 1.16 bits per heavy atom. The van der Waals surface area contributed by atoms with E-state index in [-0.39, 0.29) is 5.78 Å². The molecule has 2 rings (SSSR count). The van der Waals surface area contributed by atoms with E-state index in [0.29, 0.717) is 11.3 Å². The van der Waals surface area contributed by atoms with E-state index >= 15 is 0 Å². The fraction of sp³-hybridized carbons (Fsp3) is 0.200. The third-order valence-corrected chi connectivity index (χ3v) is 3.51. The van der Waals surface area contributed by atoms with E-state index in [2.05, 4.69) is 0 Å². The molecule has 0 amide bonds. The molecule has 0 saturated carbocycles. The van der Waals surface area contributed by atoms with Crippen molar-refractivity contribution in [2.24, 2.45) is 0 Å². The number of carbonyl (C=O) groups excluding carboxylic acids is 2. The van der Waals surface area contributed by atoms with Gasteiger partial charge in [0.25, 0.3) is 0 Å². The van der Waals surface area contributed by atoms with Crippen LogP contribution in [-0.4, -0.2) is 17.9 Å². The summed E-state index contributed by atoms with van der Waals surface area (Å²) in [6.45, 7) is 1.32. The predicted octanol–water partition coefficient (Wildman–Crippen LogP) is 3.11. The molecule has 4 heteroatoms. The molecule has 2 aromatic rings. The Kier molecular flexibility index (Phi) is 4.47. The first-order chi connectivity index (χ1) is 9.16. The Hall–Kier alpha value is -1.94. The van der Waals surface area contributed by atoms with Gasteiger partial charge in [-0.2, -0.15) is 0 Å². The SMILES string of the molecule is CC(=O)O[C@@H](Cc1ccccc1)C(=O)c1cccs1. The molecule has 0 fully saturated rings. The molecule has 0 saturated heterocycles. The predicted molar refractivity (Wildman–Crippen MR) is 74.3 cm³/mol. The molecule has 1 aromatic heterocycles. The summed E-state index contributed by atoms with van der Waals surface area (Å²) >= 11 is 1.36. The summed E-state index contributed by atoms with van der Waals surface area (Å²) in [4.78, 5) is 24.0. The van der Waals surface area contributed by atoms with Gasteiger partial charge in [-0.1, -0.05) is 36.4 Å². The van der Waals surface area contributed by atoms with Crippen LogP contribution in [0.1, 0.15) is 22.2 Å². The number of hydrogen-bond donors (Lipinski definition) is 0. The standard InChI is InChI=1S/C15H14O3S/c1-11(16)18-13(10-12-6-3-2-4-7-12)15(17)14-8-5-9-19-14/h2-9,13H,10H2,1H3/t13-/m0/s1. The summed E-state index contributed by atoms with van der Waals surface area (Å²) in [5.74, 6) is -0.583. The molecule has 0 aliphatic heterocycles. The Morgan fingerprint density at radius 2 is 1.89 bits per heavy atom. The topological polar surface area (TPSA) is 43.4 Å². The number of benzene rings is 1. The number of hydrogen-bond acceptors (Lipinski definition) is 4. The summed E-state index contributed by atoms with van der Waals surface area (Å²) in [6, 6.07) is 13.1. The van der Waals surface area contributed by atoms with Crippen molar-refractivity contribution in [3.63, 3.8) is 0 Å². The summed E-state index contributed by atoms with van der Waals surface area (Å²) in [7, 11) is 0. The minimum absolute atomic E-state index is 0.144. The van der Waals surface area contributed by atoms with Gasteiger partial charge < -0.3 is 4.74 Å². The van der Waals surface area contributed by atoms with Crippen molar-refractivity contribution in [2.75, 3.05) is 0 Å². The van der Waals surface area contributed by atoms with Crippen LogP contribution in [0.15, 0.2) is 47.8 Å². The fourth-order valence-corrected chi connectivity index (χ4v) is 2.50. The van der Waals surface area contributed by atoms with Crippen LogP contribution >= 0.6 is 11.3 Å². The summed E-state index contributed by atoms with van der Waals surface area (Å²) in [5.41, 5.74) is 0.971. The van der Waals surface area contributed by atoms with Crippen LogP contribution < -0.4 is 0 Å². The van der Waals surface area contributed by atoms with E-state index in [9.17, 15) is 9.59 Å². The molecule has 0 spiro atoms. The molecular formula is C15H14O3S. The van der Waals surface area contributed by atoms with E-state index in [1.807, 2.05) is 41.8 Å². The smallest absolute Gasteiger partial charge is 0.303 e. The highest BCUT2D eigenvalue weighted by Gasteiger charge is 2.24. The maximum absolute atomic E-state index is 12.3. The second kappa shape index (κ2) is 6.29. The van der Waals surface area contributed by atoms with Crippen molar-refractivity contribution in [1.82, 2.24) is 0 Å². The Labute approximate surface area is 115 Å². The molecule has 0 aliphatic carbocycles. The molecule has 1 atom stereocenters. The lowest BCUT2D eigenvalue weighted by Gasteiger charge is -2.15. The van der Waals surface area contributed by atoms with Crippen molar-refractivity contribution in [3.05, 3.63) is 58.3 Å². The van der Waals surface area contributed by atoms with Crippen molar-refractivity contribution in [2.45, 2.75) is 19.4 Å². The van der Waals surface area contributed by atoms with E-state index in [1.54, 1.807) is 6.07 Å². The first-order valence-corrected chi connectivity index (χ1v) is 6.83. The van der Waals surface area contributed by atoms with Crippen molar-refractivity contribution in [3.8, 4) is 0 Å². The minimum atomic E-state index is -0.751. The molecule has 0 unspecified atom stereocenters. The summed E-state index contributed by atoms with van der Waals surface area (Å²) in [6.07, 6.45) is -0.351. The number of ketones is 1. The van der Waals surface area contributed by atoms with Gasteiger partial charge in [-0.3, -0.25) is 9.59 Å². The van der Waals surface area contributed by atoms with Gasteiger partial charge in [-0.15, -0.1) is 11.3 Å². The van der Waals surface area contributed by atoms with Crippen LogP contribution in [0.4, 0.5) is 0 Å². The summed E-state index contributed by atoms with van der Waals surface area (Å²) < 4.78 is 5.16. The van der Waals surface area contributed by atoms with Gasteiger partial charge >= 0.3 is 5.97 Å². The molecule has 0 radical (unpaired) electrons. The number of esters is 1. The zero-order valence-corrected chi connectivity index (χ0v) is 11.4. The lowest BCUT2D eigenvalue weighted by atomic mass is 10.0. The zero-order valence-electron chi connectivity index (χ0n) is 10.5. The van der Waals surface area contributed by atoms with Gasteiger partial charge in [0.1, 0.15) is 0 Å². The number of thiophene rings is 1. The van der Waals surface area contributed by atoms with Crippen LogP contribution in [0, 0.1) is 0 Å². The van der Waals surface area contributed by atoms with Crippen molar-refractivity contribution in [1.29, 1.82) is 0 Å². The van der Waals surface area contributed by atoms with E-state index in [1.165, 1.54) is 18.3 Å². The highest BCUT2D eigenvalue weighted by molar-refractivity contribution is 7.12. The molecule has 1 aromatic carbocycles. The molecule has 0 aliphatic rings. The maximum atomic E-state index is 12.3. The van der Waals surface area contributed by atoms with Crippen LogP contribution in [0.2, 0.25) is 0 Å². The Morgan fingerprint density at radius 3 is 2.47 bits per heavy atom. The monoisotopic (exact) mass is 274 g/mol. The third kappa shape index (κ3) is 3.76. The Bertz CT molecular complexity index is 546. The van der Waals surface area contributed by atoms with E-state index < -0.39 is 12.1 Å². The van der Waals surface area contributed by atoms with Gasteiger partial charge in [0.05, 0.1) is 4.88 Å². The lowest BCUT2D eigenvalue weighted by molar-refractivity contribution is -0.144. The fourth-order valence-electron chi connectivity index (χ4n) is 1.79. The van der Waals surface area contributed by atoms with Gasteiger partial charge in [0.15, 0.2) is 6.10 Å². The van der Waals surface area contributed by atoms with Crippen LogP contribution in [0.3, 0.4) is 0 Å². The number of rotatable bonds is 5. The molecule has 3 nitrogen and oxygen atoms in total. The average molecular weight is 274 g/mol. The first-order valence-electron chi connectivity index (χ1n) is 5.95. The molecule has 19 heavy (non-hydrogen) atoms. The van der Waals surface area contributed by atoms with Gasteiger partial charge in [0.2, 0.25) is 5.78 Å². The molecule has 98 valence electrons. The van der Waals surface area contributed by atoms with Crippen LogP contribution in [0.25, 0.3) is 0 Å². The first kappa shape index (κ1) is 13.5. The lowest BCUT2D eigenvalue weighted by Crippen LogP contribution is -2.28. The molecule has 0 N–H and O–H groups in total. The van der Waals surface area contributed by atoms with Crippen LogP contribution in [-0.2, 0) is 16.0 Å². The maximum Gasteiger partial charge on any atom is 0.303 e. The third-order valence-electron chi connectivity index (χ3n) is 2.63. The summed E-state index contributed by atoms with van der Waals surface area (Å²) in [5, 5.41) is 1.83. The van der Waals surface area contributed by atoms with Crippen LogP contribution in [0.5, 0.6) is 0 Å². The number of carbonyl (C=O) groups is 2. The zero-order chi connectivity index (χ0) is 13.7. The largest absolute Gasteiger partial charge is 0.454 e. The molecule has 0 bridgehead atoms. The van der Waals surface area contributed by atoms with E-state index in [0.717, 1.165) is 5.56 Å². The molecular weight excluding hydrogens is 260 g/mol. The van der Waals surface area contributed by atoms with Crippen molar-refractivity contribution < 1.29 is 14.3 Å². The van der Waals surface area contributed by atoms with Gasteiger partial charge in [0, 0.05) is 13.3 Å². The molecule has 1 heterocycles. The normalized spacial score (nSPS) is 11.8. The van der Waals surface area contributed by atoms with Gasteiger partial charge in [-0.05, 0) is 17.0 Å². The Balaban J connectivity index is 2.16. The number of Topliss-reactive ketones (excluding diaryl/α,β-unsaturated/α-hetero) is 1. The highest BCUT2D eigenvalue weighted by Crippen LogP contribution is 2.16. The highest BCUT2D eigenvalue weighted by atomic mass is 32.1. The second-order valence-corrected chi connectivity index (χ2v) is 5.08. The second-order valence-electron chi connectivity index (χ2n) is 4.13. The number of ether oxygens (including phenoxy) is 1. The quantitative estimate of drug-likeness (QED) is 0.621. The average Bonchev–Trinajstić information content (AvgIpc) is 2.91. The van der Waals surface area contributed by atoms with E-state index in [4.69, 9.17) is 4.74 Å². The minimum Gasteiger partial charge on any atom is -0.454 e. The van der Waals surface area contributed by atoms with Gasteiger partial charge in [-0.25, -0.2) is 0 Å².